The molecule has 19 heteroatoms. The van der Waals surface area contributed by atoms with Gasteiger partial charge in [0.05, 0.1) is 16.9 Å². The van der Waals surface area contributed by atoms with E-state index in [2.05, 4.69) is 45.1 Å². The largest absolute Gasteiger partial charge is 0.374 e. The maximum atomic E-state index is 15.6. The summed E-state index contributed by atoms with van der Waals surface area (Å²) in [4.78, 5) is 58.0. The predicted molar refractivity (Wildman–Crippen MR) is 224 cm³/mol. The Labute approximate surface area is 350 Å². The number of anilines is 4. The first kappa shape index (κ1) is 41.6. The fourth-order valence-corrected chi connectivity index (χ4v) is 9.34. The number of fused-ring (bicyclic) bond motifs is 1. The molecule has 3 fully saturated rings. The topological polar surface area (TPSA) is 186 Å². The number of aromatic amines is 1. The van der Waals surface area contributed by atoms with E-state index in [4.69, 9.17) is 0 Å². The number of pyridine rings is 1. The maximum Gasteiger partial charge on any atom is 0.301 e. The lowest BCUT2D eigenvalue weighted by atomic mass is 9.79. The second-order valence-corrected chi connectivity index (χ2v) is 17.5. The van der Waals surface area contributed by atoms with Crippen LogP contribution in [0.4, 0.5) is 36.2 Å². The van der Waals surface area contributed by atoms with E-state index in [9.17, 15) is 22.8 Å². The molecule has 6 heterocycles. The number of rotatable bonds is 12. The highest BCUT2D eigenvalue weighted by Gasteiger charge is 2.32. The zero-order valence-corrected chi connectivity index (χ0v) is 34.4. The van der Waals surface area contributed by atoms with Crippen molar-refractivity contribution in [3.8, 4) is 11.1 Å². The number of imide groups is 1. The highest BCUT2D eigenvalue weighted by Crippen LogP contribution is 2.36. The number of halogens is 3. The third kappa shape index (κ3) is 8.61. The van der Waals surface area contributed by atoms with E-state index in [1.165, 1.54) is 19.3 Å². The fourth-order valence-electron chi connectivity index (χ4n) is 8.41. The summed E-state index contributed by atoms with van der Waals surface area (Å²) in [5, 5.41) is 5.65. The van der Waals surface area contributed by atoms with Crippen LogP contribution in [0.5, 0.6) is 0 Å². The van der Waals surface area contributed by atoms with Crippen LogP contribution in [0.15, 0.2) is 61.2 Å². The summed E-state index contributed by atoms with van der Waals surface area (Å²) < 4.78 is 74.0. The Balaban J connectivity index is 0.870. The lowest BCUT2D eigenvalue weighted by Gasteiger charge is -2.41. The first-order chi connectivity index (χ1) is 29.3. The summed E-state index contributed by atoms with van der Waals surface area (Å²) in [7, 11) is -2.85. The Morgan fingerprint density at radius 2 is 1.54 bits per heavy atom. The molecule has 320 valence electrons. The van der Waals surface area contributed by atoms with Gasteiger partial charge in [-0.1, -0.05) is 6.92 Å². The summed E-state index contributed by atoms with van der Waals surface area (Å²) in [5.74, 6) is -2.91. The first-order valence-electron chi connectivity index (χ1n) is 20.3. The molecule has 8 rings (SSSR count). The molecule has 3 saturated heterocycles. The molecule has 0 aliphatic carbocycles. The van der Waals surface area contributed by atoms with E-state index in [1.54, 1.807) is 43.7 Å². The van der Waals surface area contributed by atoms with Crippen LogP contribution in [0.1, 0.15) is 61.4 Å². The predicted octanol–water partition coefficient (Wildman–Crippen LogP) is 5.63. The lowest BCUT2D eigenvalue weighted by Crippen LogP contribution is -2.47. The highest BCUT2D eigenvalue weighted by atomic mass is 32.2. The minimum atomic E-state index is -4.15. The fraction of sp³-hybridized carbons (Fsp3) is 0.381. The maximum absolute atomic E-state index is 15.6. The number of ketones is 1. The number of carbonyl (C=O) groups excluding carboxylic acids is 3. The molecule has 15 nitrogen and oxygen atoms in total. The molecule has 1 atom stereocenters. The van der Waals surface area contributed by atoms with Crippen molar-refractivity contribution < 1.29 is 36.0 Å². The van der Waals surface area contributed by atoms with Crippen molar-refractivity contribution in [1.29, 1.82) is 0 Å². The van der Waals surface area contributed by atoms with E-state index in [-0.39, 0.29) is 30.3 Å². The Morgan fingerprint density at radius 1 is 0.869 bits per heavy atom. The molecule has 2 aromatic carbocycles. The number of nitrogens with zero attached hydrogens (tertiary/aromatic N) is 6. The van der Waals surface area contributed by atoms with Crippen LogP contribution in [0.3, 0.4) is 0 Å². The molecule has 61 heavy (non-hydrogen) atoms. The second kappa shape index (κ2) is 17.1. The van der Waals surface area contributed by atoms with E-state index >= 15 is 13.2 Å². The summed E-state index contributed by atoms with van der Waals surface area (Å²) in [5.41, 5.74) is 1.01. The number of benzene rings is 2. The van der Waals surface area contributed by atoms with Gasteiger partial charge in [-0.25, -0.2) is 28.1 Å². The molecule has 5 aromatic rings. The van der Waals surface area contributed by atoms with Crippen LogP contribution < -0.4 is 25.2 Å². The van der Waals surface area contributed by atoms with Crippen molar-refractivity contribution in [2.45, 2.75) is 51.5 Å². The number of aromatic nitrogens is 4. The lowest BCUT2D eigenvalue weighted by molar-refractivity contribution is -0.133. The summed E-state index contributed by atoms with van der Waals surface area (Å²) in [6, 6.07) is 7.77. The number of H-pyrrole nitrogens is 1. The van der Waals surface area contributed by atoms with Crippen LogP contribution >= 0.6 is 0 Å². The quantitative estimate of drug-likeness (QED) is 0.0901. The zero-order valence-electron chi connectivity index (χ0n) is 33.6. The molecule has 3 aliphatic heterocycles. The normalized spacial score (nSPS) is 18.2. The Bertz CT molecular complexity index is 2590. The molecular formula is C42H45F3N10O5S. The first-order valence-corrected chi connectivity index (χ1v) is 21.7. The van der Waals surface area contributed by atoms with Crippen LogP contribution in [-0.4, -0.2) is 96.1 Å². The van der Waals surface area contributed by atoms with E-state index in [0.29, 0.717) is 57.7 Å². The van der Waals surface area contributed by atoms with Gasteiger partial charge in [-0.15, -0.1) is 0 Å². The highest BCUT2D eigenvalue weighted by molar-refractivity contribution is 7.90. The number of amides is 2. The number of hydrogen-bond donors (Lipinski definition) is 4. The summed E-state index contributed by atoms with van der Waals surface area (Å²) in [6.07, 6.45) is 10.7. The van der Waals surface area contributed by atoms with Gasteiger partial charge in [-0.05, 0) is 80.3 Å². The summed E-state index contributed by atoms with van der Waals surface area (Å²) in [6.45, 7) is 4.75. The minimum Gasteiger partial charge on any atom is -0.374 e. The van der Waals surface area contributed by atoms with Gasteiger partial charge in [0.25, 0.3) is 0 Å². The minimum absolute atomic E-state index is 0.0543. The standard InChI is InChI=1S/C42H45F3N10O5S/c1-3-53(2)61(59,60)52-33-6-5-31(43)37(38(33)45)39(57)30-23-47-40-29(30)18-26(20-46-40)27-21-48-42(49-22-27)55-16-12-25(13-17-55)24-10-14-54(15-11-24)35-8-4-28(19-32(35)44)50-34-7-9-36(56)51-41(34)58/h4-6,8,18-25,34,50,52H,3,7,9-17H2,1-2H3,(H,46,47)(H,51,56,58). The second-order valence-electron chi connectivity index (χ2n) is 15.7. The zero-order chi connectivity index (χ0) is 43.0. The number of piperidine rings is 3. The van der Waals surface area contributed by atoms with Gasteiger partial charge in [-0.3, -0.25) is 24.4 Å². The molecule has 4 N–H and O–H groups in total. The van der Waals surface area contributed by atoms with Crippen molar-refractivity contribution in [3.63, 3.8) is 0 Å². The molecule has 0 spiro atoms. The average molecular weight is 859 g/mol. The third-order valence-corrected chi connectivity index (χ3v) is 13.6. The molecule has 3 aliphatic rings. The van der Waals surface area contributed by atoms with Gasteiger partial charge in [0.2, 0.25) is 23.5 Å². The molecule has 3 aromatic heterocycles. The average Bonchev–Trinajstić information content (AvgIpc) is 3.69. The Hall–Kier alpha value is -6.08. The van der Waals surface area contributed by atoms with Gasteiger partial charge in [0.15, 0.2) is 5.82 Å². The Morgan fingerprint density at radius 3 is 2.20 bits per heavy atom. The van der Waals surface area contributed by atoms with Gasteiger partial charge in [0, 0.05) is 98.7 Å². The molecule has 0 bridgehead atoms. The summed E-state index contributed by atoms with van der Waals surface area (Å²) >= 11 is 0. The smallest absolute Gasteiger partial charge is 0.301 e. The van der Waals surface area contributed by atoms with E-state index in [1.807, 2.05) is 0 Å². The van der Waals surface area contributed by atoms with Gasteiger partial charge < -0.3 is 20.1 Å². The van der Waals surface area contributed by atoms with Crippen molar-refractivity contribution >= 4 is 61.9 Å². The van der Waals surface area contributed by atoms with Crippen molar-refractivity contribution in [1.82, 2.24) is 29.6 Å². The number of nitrogens with one attached hydrogen (secondary N) is 4. The van der Waals surface area contributed by atoms with Gasteiger partial charge >= 0.3 is 10.2 Å². The van der Waals surface area contributed by atoms with Crippen LogP contribution in [0.2, 0.25) is 0 Å². The van der Waals surface area contributed by atoms with E-state index in [0.717, 1.165) is 68.3 Å². The van der Waals surface area contributed by atoms with Gasteiger partial charge in [0.1, 0.15) is 23.3 Å². The van der Waals surface area contributed by atoms with E-state index < -0.39 is 50.8 Å². The van der Waals surface area contributed by atoms with Gasteiger partial charge in [-0.2, -0.15) is 12.7 Å². The van der Waals surface area contributed by atoms with Crippen molar-refractivity contribution in [2.75, 3.05) is 59.6 Å². The molecular weight excluding hydrogens is 814 g/mol. The van der Waals surface area contributed by atoms with Crippen molar-refractivity contribution in [3.05, 3.63) is 89.8 Å². The Kier molecular flexibility index (Phi) is 11.7. The third-order valence-electron chi connectivity index (χ3n) is 12.1. The molecule has 1 unspecified atom stereocenters. The molecule has 0 radical (unpaired) electrons. The molecule has 2 amide bonds. The number of carbonyl (C=O) groups is 3. The van der Waals surface area contributed by atoms with Crippen molar-refractivity contribution in [2.24, 2.45) is 11.8 Å². The SMILES string of the molecule is CCN(C)S(=O)(=O)Nc1ccc(F)c(C(=O)c2c[nH]c3ncc(-c4cnc(N5CCC(C6CCN(c7ccc(NC8CCC(=O)NC8=O)cc7F)CC6)CC5)nc4)cc23)c1F. The van der Waals surface area contributed by atoms with Crippen LogP contribution in [0, 0.1) is 29.3 Å². The van der Waals surface area contributed by atoms with Crippen LogP contribution in [-0.2, 0) is 19.8 Å². The number of hydrogen-bond acceptors (Lipinski definition) is 11. The molecule has 0 saturated carbocycles. The van der Waals surface area contributed by atoms with Crippen LogP contribution in [0.25, 0.3) is 22.2 Å². The monoisotopic (exact) mass is 858 g/mol.